The van der Waals surface area contributed by atoms with Crippen molar-refractivity contribution in [1.82, 2.24) is 5.32 Å². The molecule has 1 aromatic rings. The molecule has 1 aromatic carbocycles. The number of nitrogens with one attached hydrogen (secondary N) is 1. The SMILES string of the molecule is CC(NC1CC(=O)N(c2ccccc2)C1=O)C(=O)O. The number of anilines is 1. The molecule has 0 aliphatic carbocycles. The molecular formula is C13H14N2O4. The van der Waals surface area contributed by atoms with Gasteiger partial charge in [-0.05, 0) is 19.1 Å². The number of carbonyl (C=O) groups excluding carboxylic acids is 2. The van der Waals surface area contributed by atoms with Gasteiger partial charge in [0.25, 0.3) is 5.91 Å². The molecule has 1 aliphatic heterocycles. The first-order valence-corrected chi connectivity index (χ1v) is 5.91. The lowest BCUT2D eigenvalue weighted by molar-refractivity contribution is -0.139. The molecule has 1 fully saturated rings. The van der Waals surface area contributed by atoms with Gasteiger partial charge in [-0.3, -0.25) is 19.7 Å². The third-order valence-electron chi connectivity index (χ3n) is 2.98. The number of amides is 2. The van der Waals surface area contributed by atoms with E-state index in [4.69, 9.17) is 5.11 Å². The van der Waals surface area contributed by atoms with Gasteiger partial charge in [0.05, 0.1) is 18.2 Å². The summed E-state index contributed by atoms with van der Waals surface area (Å²) in [4.78, 5) is 35.8. The van der Waals surface area contributed by atoms with Crippen molar-refractivity contribution in [3.63, 3.8) is 0 Å². The Kier molecular flexibility index (Phi) is 3.62. The second-order valence-electron chi connectivity index (χ2n) is 4.39. The summed E-state index contributed by atoms with van der Waals surface area (Å²) in [6, 6.07) is 6.93. The van der Waals surface area contributed by atoms with E-state index in [1.807, 2.05) is 0 Å². The maximum absolute atomic E-state index is 12.1. The number of para-hydroxylation sites is 1. The van der Waals surface area contributed by atoms with Gasteiger partial charge < -0.3 is 5.11 Å². The number of imide groups is 1. The van der Waals surface area contributed by atoms with E-state index in [9.17, 15) is 14.4 Å². The zero-order valence-corrected chi connectivity index (χ0v) is 10.4. The van der Waals surface area contributed by atoms with E-state index in [1.54, 1.807) is 30.3 Å². The van der Waals surface area contributed by atoms with Crippen LogP contribution in [0.2, 0.25) is 0 Å². The second-order valence-corrected chi connectivity index (χ2v) is 4.39. The zero-order valence-electron chi connectivity index (χ0n) is 10.4. The molecule has 2 N–H and O–H groups in total. The molecule has 100 valence electrons. The molecule has 1 saturated heterocycles. The van der Waals surface area contributed by atoms with Gasteiger partial charge >= 0.3 is 5.97 Å². The Balaban J connectivity index is 2.15. The van der Waals surface area contributed by atoms with E-state index in [-0.39, 0.29) is 12.3 Å². The zero-order chi connectivity index (χ0) is 14.0. The maximum Gasteiger partial charge on any atom is 0.320 e. The Labute approximate surface area is 110 Å². The minimum atomic E-state index is -1.06. The van der Waals surface area contributed by atoms with Gasteiger partial charge in [0.15, 0.2) is 0 Å². The van der Waals surface area contributed by atoms with Crippen LogP contribution in [0.3, 0.4) is 0 Å². The van der Waals surface area contributed by atoms with Crippen molar-refractivity contribution in [2.45, 2.75) is 25.4 Å². The van der Waals surface area contributed by atoms with E-state index >= 15 is 0 Å². The van der Waals surface area contributed by atoms with Crippen molar-refractivity contribution < 1.29 is 19.5 Å². The highest BCUT2D eigenvalue weighted by Crippen LogP contribution is 2.22. The van der Waals surface area contributed by atoms with Crippen LogP contribution in [0.5, 0.6) is 0 Å². The molecule has 2 unspecified atom stereocenters. The number of carboxylic acid groups (broad SMARTS) is 1. The highest BCUT2D eigenvalue weighted by molar-refractivity contribution is 6.22. The quantitative estimate of drug-likeness (QED) is 0.766. The van der Waals surface area contributed by atoms with Crippen LogP contribution >= 0.6 is 0 Å². The van der Waals surface area contributed by atoms with Crippen LogP contribution in [0.15, 0.2) is 30.3 Å². The first-order chi connectivity index (χ1) is 9.00. The van der Waals surface area contributed by atoms with E-state index in [0.29, 0.717) is 5.69 Å². The Morgan fingerprint density at radius 1 is 1.37 bits per heavy atom. The topological polar surface area (TPSA) is 86.7 Å². The number of carbonyl (C=O) groups is 3. The van der Waals surface area contributed by atoms with Crippen molar-refractivity contribution >= 4 is 23.5 Å². The number of nitrogens with zero attached hydrogens (tertiary/aromatic N) is 1. The van der Waals surface area contributed by atoms with E-state index in [1.165, 1.54) is 6.92 Å². The fourth-order valence-electron chi connectivity index (χ4n) is 1.98. The van der Waals surface area contributed by atoms with Gasteiger partial charge in [0.2, 0.25) is 5.91 Å². The highest BCUT2D eigenvalue weighted by Gasteiger charge is 2.40. The third kappa shape index (κ3) is 2.63. The van der Waals surface area contributed by atoms with Crippen LogP contribution in [0.4, 0.5) is 5.69 Å². The average molecular weight is 262 g/mol. The molecule has 0 bridgehead atoms. The van der Waals surface area contributed by atoms with Crippen molar-refractivity contribution in [3.05, 3.63) is 30.3 Å². The first-order valence-electron chi connectivity index (χ1n) is 5.91. The van der Waals surface area contributed by atoms with E-state index in [2.05, 4.69) is 5.32 Å². The van der Waals surface area contributed by atoms with Crippen molar-refractivity contribution in [2.75, 3.05) is 4.90 Å². The molecule has 1 heterocycles. The molecule has 19 heavy (non-hydrogen) atoms. The van der Waals surface area contributed by atoms with Crippen LogP contribution in [-0.2, 0) is 14.4 Å². The standard InChI is InChI=1S/C13H14N2O4/c1-8(13(18)19)14-10-7-11(16)15(12(10)17)9-5-3-2-4-6-9/h2-6,8,10,14H,7H2,1H3,(H,18,19). The lowest BCUT2D eigenvalue weighted by Crippen LogP contribution is -2.45. The van der Waals surface area contributed by atoms with Gasteiger partial charge in [-0.15, -0.1) is 0 Å². The summed E-state index contributed by atoms with van der Waals surface area (Å²) in [5.74, 6) is -1.80. The lowest BCUT2D eigenvalue weighted by atomic mass is 10.2. The van der Waals surface area contributed by atoms with Crippen LogP contribution in [0, 0.1) is 0 Å². The van der Waals surface area contributed by atoms with Gasteiger partial charge in [-0.1, -0.05) is 18.2 Å². The maximum atomic E-state index is 12.1. The van der Waals surface area contributed by atoms with E-state index < -0.39 is 24.0 Å². The fraction of sp³-hybridized carbons (Fsp3) is 0.308. The monoisotopic (exact) mass is 262 g/mol. The van der Waals surface area contributed by atoms with Gasteiger partial charge in [-0.25, -0.2) is 4.90 Å². The number of rotatable bonds is 4. The first kappa shape index (κ1) is 13.2. The summed E-state index contributed by atoms with van der Waals surface area (Å²) in [7, 11) is 0. The molecular weight excluding hydrogens is 248 g/mol. The Bertz CT molecular complexity index is 515. The van der Waals surface area contributed by atoms with Crippen LogP contribution in [0.25, 0.3) is 0 Å². The third-order valence-corrected chi connectivity index (χ3v) is 2.98. The van der Waals surface area contributed by atoms with Crippen LogP contribution < -0.4 is 10.2 Å². The minimum absolute atomic E-state index is 0.0225. The summed E-state index contributed by atoms with van der Waals surface area (Å²) in [5.41, 5.74) is 0.504. The number of hydrogen-bond acceptors (Lipinski definition) is 4. The van der Waals surface area contributed by atoms with Crippen molar-refractivity contribution in [3.8, 4) is 0 Å². The molecule has 6 heteroatoms. The van der Waals surface area contributed by atoms with Gasteiger partial charge in [-0.2, -0.15) is 0 Å². The molecule has 6 nitrogen and oxygen atoms in total. The van der Waals surface area contributed by atoms with E-state index in [0.717, 1.165) is 4.90 Å². The summed E-state index contributed by atoms with van der Waals surface area (Å²) in [6.45, 7) is 1.44. The number of carboxylic acids is 1. The minimum Gasteiger partial charge on any atom is -0.480 e. The smallest absolute Gasteiger partial charge is 0.320 e. The van der Waals surface area contributed by atoms with Crippen LogP contribution in [0.1, 0.15) is 13.3 Å². The molecule has 0 radical (unpaired) electrons. The molecule has 0 aromatic heterocycles. The average Bonchev–Trinajstić information content (AvgIpc) is 2.65. The van der Waals surface area contributed by atoms with Crippen molar-refractivity contribution in [1.29, 1.82) is 0 Å². The molecule has 2 amide bonds. The fourth-order valence-corrected chi connectivity index (χ4v) is 1.98. The molecule has 2 atom stereocenters. The number of aliphatic carboxylic acids is 1. The highest BCUT2D eigenvalue weighted by atomic mass is 16.4. The van der Waals surface area contributed by atoms with Gasteiger partial charge in [0.1, 0.15) is 6.04 Å². The summed E-state index contributed by atoms with van der Waals surface area (Å²) >= 11 is 0. The molecule has 0 saturated carbocycles. The second kappa shape index (κ2) is 5.19. The number of hydrogen-bond donors (Lipinski definition) is 2. The lowest BCUT2D eigenvalue weighted by Gasteiger charge is -2.16. The Morgan fingerprint density at radius 3 is 2.58 bits per heavy atom. The Hall–Kier alpha value is -2.21. The van der Waals surface area contributed by atoms with Crippen molar-refractivity contribution in [2.24, 2.45) is 0 Å². The summed E-state index contributed by atoms with van der Waals surface area (Å²) in [6.07, 6.45) is -0.0225. The van der Waals surface area contributed by atoms with Gasteiger partial charge in [0, 0.05) is 0 Å². The van der Waals surface area contributed by atoms with Crippen LogP contribution in [-0.4, -0.2) is 35.0 Å². The Morgan fingerprint density at radius 2 is 2.00 bits per heavy atom. The number of benzene rings is 1. The molecule has 2 rings (SSSR count). The molecule has 1 aliphatic rings. The summed E-state index contributed by atoms with van der Waals surface area (Å²) in [5, 5.41) is 11.5. The normalized spacial score (nSPS) is 20.7. The molecule has 0 spiro atoms. The predicted octanol–water partition coefficient (Wildman–Crippen LogP) is 0.381. The largest absolute Gasteiger partial charge is 0.480 e. The predicted molar refractivity (Wildman–Crippen MR) is 67.6 cm³/mol. The summed E-state index contributed by atoms with van der Waals surface area (Å²) < 4.78 is 0.